The van der Waals surface area contributed by atoms with Gasteiger partial charge in [0, 0.05) is 16.6 Å². The van der Waals surface area contributed by atoms with Gasteiger partial charge in [-0.05, 0) is 48.5 Å². The highest BCUT2D eigenvalue weighted by molar-refractivity contribution is 9.10. The topological polar surface area (TPSA) is 57.7 Å². The molecule has 1 unspecified atom stereocenters. The van der Waals surface area contributed by atoms with E-state index in [0.717, 1.165) is 9.37 Å². The number of nitrogens with zero attached hydrogens (tertiary/aromatic N) is 2. The van der Waals surface area contributed by atoms with Crippen LogP contribution >= 0.6 is 15.9 Å². The van der Waals surface area contributed by atoms with Crippen molar-refractivity contribution in [1.82, 2.24) is 4.90 Å². The average Bonchev–Trinajstić information content (AvgIpc) is 2.95. The Kier molecular flexibility index (Phi) is 5.51. The van der Waals surface area contributed by atoms with Crippen LogP contribution < -0.4 is 4.90 Å². The second-order valence-electron chi connectivity index (χ2n) is 6.02. The van der Waals surface area contributed by atoms with Crippen molar-refractivity contribution in [3.8, 4) is 0 Å². The largest absolute Gasteiger partial charge is 0.322 e. The second-order valence-corrected chi connectivity index (χ2v) is 6.93. The summed E-state index contributed by atoms with van der Waals surface area (Å²) in [6.45, 7) is 3.72. The van der Waals surface area contributed by atoms with Crippen molar-refractivity contribution in [1.29, 1.82) is 0 Å². The molecule has 0 N–H and O–H groups in total. The summed E-state index contributed by atoms with van der Waals surface area (Å²) in [6, 6.07) is 10.9. The van der Waals surface area contributed by atoms with Crippen molar-refractivity contribution >= 4 is 39.3 Å². The fraction of sp³-hybridized carbons (Fsp3) is 0.150. The molecule has 138 valence electrons. The first-order chi connectivity index (χ1) is 12.9. The minimum atomic E-state index is -0.934. The smallest absolute Gasteiger partial charge is 0.257 e. The van der Waals surface area contributed by atoms with Crippen LogP contribution in [-0.2, 0) is 9.59 Å². The number of carbonyl (C=O) groups is 3. The first kappa shape index (κ1) is 19.0. The number of rotatable bonds is 5. The van der Waals surface area contributed by atoms with E-state index in [2.05, 4.69) is 22.5 Å². The Labute approximate surface area is 164 Å². The molecule has 2 aromatic carbocycles. The normalized spacial score (nSPS) is 16.5. The van der Waals surface area contributed by atoms with E-state index >= 15 is 0 Å². The standard InChI is InChI=1S/C20H16BrFN2O3/c1-2-11-23(19(26)13-3-7-15(22)8-4-13)17-12-18(25)24(20(17)27)16-9-5-14(21)6-10-16/h2-10,17H,1,11-12H2. The van der Waals surface area contributed by atoms with E-state index in [9.17, 15) is 18.8 Å². The molecule has 7 heteroatoms. The lowest BCUT2D eigenvalue weighted by atomic mass is 10.1. The summed E-state index contributed by atoms with van der Waals surface area (Å²) in [5, 5.41) is 0. The molecule has 1 heterocycles. The molecule has 0 radical (unpaired) electrons. The van der Waals surface area contributed by atoms with Gasteiger partial charge in [-0.15, -0.1) is 6.58 Å². The van der Waals surface area contributed by atoms with Gasteiger partial charge in [-0.1, -0.05) is 22.0 Å². The van der Waals surface area contributed by atoms with Crippen molar-refractivity contribution in [3.63, 3.8) is 0 Å². The van der Waals surface area contributed by atoms with Crippen LogP contribution in [0.3, 0.4) is 0 Å². The molecule has 1 atom stereocenters. The van der Waals surface area contributed by atoms with Crippen molar-refractivity contribution < 1.29 is 18.8 Å². The van der Waals surface area contributed by atoms with Gasteiger partial charge in [0.15, 0.2) is 0 Å². The van der Waals surface area contributed by atoms with Gasteiger partial charge in [-0.3, -0.25) is 14.4 Å². The second kappa shape index (κ2) is 7.84. The van der Waals surface area contributed by atoms with Crippen LogP contribution in [0.15, 0.2) is 65.7 Å². The molecular formula is C20H16BrFN2O3. The molecule has 0 spiro atoms. The Balaban J connectivity index is 1.89. The summed E-state index contributed by atoms with van der Waals surface area (Å²) in [5.41, 5.74) is 0.684. The highest BCUT2D eigenvalue weighted by Crippen LogP contribution is 2.27. The minimum Gasteiger partial charge on any atom is -0.322 e. The number of halogens is 2. The Hall–Kier alpha value is -2.80. The van der Waals surface area contributed by atoms with E-state index in [1.54, 1.807) is 24.3 Å². The van der Waals surface area contributed by atoms with Gasteiger partial charge in [0.05, 0.1) is 12.1 Å². The third kappa shape index (κ3) is 3.83. The Morgan fingerprint density at radius 3 is 2.41 bits per heavy atom. The minimum absolute atomic E-state index is 0.0913. The summed E-state index contributed by atoms with van der Waals surface area (Å²) in [5.74, 6) is -1.78. The molecule has 2 aromatic rings. The molecule has 0 aliphatic carbocycles. The molecular weight excluding hydrogens is 415 g/mol. The molecule has 1 aliphatic heterocycles. The summed E-state index contributed by atoms with van der Waals surface area (Å²) in [6.07, 6.45) is 1.37. The number of amides is 3. The predicted octanol–water partition coefficient (Wildman–Crippen LogP) is 3.55. The van der Waals surface area contributed by atoms with Crippen molar-refractivity contribution in [2.24, 2.45) is 0 Å². The Morgan fingerprint density at radius 2 is 1.81 bits per heavy atom. The molecule has 1 saturated heterocycles. The number of hydrogen-bond donors (Lipinski definition) is 0. The molecule has 3 amide bonds. The van der Waals surface area contributed by atoms with Crippen LogP contribution in [0.5, 0.6) is 0 Å². The van der Waals surface area contributed by atoms with Gasteiger partial charge in [0.2, 0.25) is 5.91 Å². The zero-order chi connectivity index (χ0) is 19.6. The first-order valence-electron chi connectivity index (χ1n) is 8.22. The van der Waals surface area contributed by atoms with Gasteiger partial charge >= 0.3 is 0 Å². The van der Waals surface area contributed by atoms with Gasteiger partial charge in [-0.2, -0.15) is 0 Å². The quantitative estimate of drug-likeness (QED) is 0.538. The molecule has 3 rings (SSSR count). The first-order valence-corrected chi connectivity index (χ1v) is 9.01. The summed E-state index contributed by atoms with van der Waals surface area (Å²) in [7, 11) is 0. The van der Waals surface area contributed by atoms with E-state index in [4.69, 9.17) is 0 Å². The highest BCUT2D eigenvalue weighted by atomic mass is 79.9. The molecule has 1 fully saturated rings. The van der Waals surface area contributed by atoms with Crippen LogP contribution in [0.4, 0.5) is 10.1 Å². The summed E-state index contributed by atoms with van der Waals surface area (Å²) >= 11 is 3.31. The third-order valence-corrected chi connectivity index (χ3v) is 4.79. The number of hydrogen-bond acceptors (Lipinski definition) is 3. The number of benzene rings is 2. The van der Waals surface area contributed by atoms with Crippen molar-refractivity contribution in [3.05, 3.63) is 77.0 Å². The van der Waals surface area contributed by atoms with Gasteiger partial charge in [-0.25, -0.2) is 9.29 Å². The lowest BCUT2D eigenvalue weighted by Gasteiger charge is -2.26. The third-order valence-electron chi connectivity index (χ3n) is 4.26. The zero-order valence-corrected chi connectivity index (χ0v) is 15.9. The summed E-state index contributed by atoms with van der Waals surface area (Å²) in [4.78, 5) is 40.6. The van der Waals surface area contributed by atoms with Crippen LogP contribution in [-0.4, -0.2) is 35.2 Å². The van der Waals surface area contributed by atoms with Gasteiger partial charge in [0.25, 0.3) is 11.8 Å². The lowest BCUT2D eigenvalue weighted by Crippen LogP contribution is -2.45. The van der Waals surface area contributed by atoms with Crippen LogP contribution in [0.25, 0.3) is 0 Å². The van der Waals surface area contributed by atoms with E-state index in [1.807, 2.05) is 0 Å². The fourth-order valence-corrected chi connectivity index (χ4v) is 3.23. The maximum absolute atomic E-state index is 13.1. The van der Waals surface area contributed by atoms with Crippen molar-refractivity contribution in [2.45, 2.75) is 12.5 Å². The number of imide groups is 1. The average molecular weight is 431 g/mol. The molecule has 0 bridgehead atoms. The number of carbonyl (C=O) groups excluding carboxylic acids is 3. The summed E-state index contributed by atoms with van der Waals surface area (Å²) < 4.78 is 14.0. The maximum atomic E-state index is 13.1. The van der Waals surface area contributed by atoms with Crippen LogP contribution in [0.1, 0.15) is 16.8 Å². The van der Waals surface area contributed by atoms with Gasteiger partial charge in [0.1, 0.15) is 11.9 Å². The number of anilines is 1. The lowest BCUT2D eigenvalue weighted by molar-refractivity contribution is -0.122. The maximum Gasteiger partial charge on any atom is 0.257 e. The van der Waals surface area contributed by atoms with Crippen molar-refractivity contribution in [2.75, 3.05) is 11.4 Å². The monoisotopic (exact) mass is 430 g/mol. The predicted molar refractivity (Wildman–Crippen MR) is 103 cm³/mol. The van der Waals surface area contributed by atoms with E-state index < -0.39 is 23.7 Å². The molecule has 27 heavy (non-hydrogen) atoms. The van der Waals surface area contributed by atoms with Gasteiger partial charge < -0.3 is 4.90 Å². The Morgan fingerprint density at radius 1 is 1.19 bits per heavy atom. The molecule has 1 aliphatic rings. The Bertz CT molecular complexity index is 896. The zero-order valence-electron chi connectivity index (χ0n) is 14.3. The van der Waals surface area contributed by atoms with E-state index in [0.29, 0.717) is 5.69 Å². The van der Waals surface area contributed by atoms with E-state index in [1.165, 1.54) is 35.2 Å². The molecule has 0 saturated carbocycles. The molecule has 5 nitrogen and oxygen atoms in total. The highest BCUT2D eigenvalue weighted by Gasteiger charge is 2.44. The van der Waals surface area contributed by atoms with E-state index in [-0.39, 0.29) is 24.4 Å². The molecule has 0 aromatic heterocycles. The van der Waals surface area contributed by atoms with Crippen LogP contribution in [0, 0.1) is 5.82 Å². The van der Waals surface area contributed by atoms with Crippen LogP contribution in [0.2, 0.25) is 0 Å². The SMILES string of the molecule is C=CCN(C(=O)c1ccc(F)cc1)C1CC(=O)N(c2ccc(Br)cc2)C1=O. The fourth-order valence-electron chi connectivity index (χ4n) is 2.97.